The van der Waals surface area contributed by atoms with Crippen LogP contribution in [0, 0.1) is 27.9 Å². The zero-order valence-electron chi connectivity index (χ0n) is 19.7. The van der Waals surface area contributed by atoms with E-state index >= 15 is 0 Å². The van der Waals surface area contributed by atoms with Crippen molar-refractivity contribution in [2.45, 2.75) is 43.9 Å². The van der Waals surface area contributed by atoms with Gasteiger partial charge in [0.25, 0.3) is 5.69 Å². The largest absolute Gasteiger partial charge is 0.380 e. The van der Waals surface area contributed by atoms with Crippen LogP contribution in [-0.2, 0) is 10.3 Å². The van der Waals surface area contributed by atoms with Crippen LogP contribution < -0.4 is 5.73 Å². The quantitative estimate of drug-likeness (QED) is 0.177. The maximum atomic E-state index is 13.4. The highest BCUT2D eigenvalue weighted by atomic mass is 16.7. The molecule has 2 N–H and O–H groups in total. The van der Waals surface area contributed by atoms with Crippen molar-refractivity contribution in [1.82, 2.24) is 9.78 Å². The van der Waals surface area contributed by atoms with Crippen molar-refractivity contribution in [2.75, 3.05) is 0 Å². The number of amidine groups is 1. The van der Waals surface area contributed by atoms with Crippen LogP contribution in [0.25, 0.3) is 5.69 Å². The van der Waals surface area contributed by atoms with E-state index in [2.05, 4.69) is 5.16 Å². The predicted octanol–water partition coefficient (Wildman–Crippen LogP) is 4.73. The summed E-state index contributed by atoms with van der Waals surface area (Å²) in [5.41, 5.74) is 8.36. The lowest BCUT2D eigenvalue weighted by Gasteiger charge is -2.56. The molecule has 184 valence electrons. The molecule has 1 aromatic heterocycles. The Hall–Kier alpha value is -4.01. The van der Waals surface area contributed by atoms with E-state index in [0.29, 0.717) is 28.9 Å². The van der Waals surface area contributed by atoms with Crippen LogP contribution in [0.1, 0.15) is 60.1 Å². The Morgan fingerprint density at radius 2 is 1.64 bits per heavy atom. The molecule has 0 radical (unpaired) electrons. The highest BCUT2D eigenvalue weighted by molar-refractivity contribution is 5.98. The van der Waals surface area contributed by atoms with Gasteiger partial charge in [-0.25, -0.2) is 9.48 Å². The molecule has 0 atom stereocenters. The molecular weight excluding hydrogens is 458 g/mol. The summed E-state index contributed by atoms with van der Waals surface area (Å²) in [7, 11) is 0. The fourth-order valence-electron chi connectivity index (χ4n) is 6.98. The SMILES string of the molecule is N/C(=N\OC(=O)c1cn(-c2ccccc2)nc1C12CC3CC(CC(C3)C1)C2)c1ccc([N+](=O)[O-])cc1. The lowest BCUT2D eigenvalue weighted by molar-refractivity contribution is -0.384. The molecule has 0 unspecified atom stereocenters. The number of nitrogens with zero attached hydrogens (tertiary/aromatic N) is 4. The summed E-state index contributed by atoms with van der Waals surface area (Å²) in [4.78, 5) is 29.1. The zero-order chi connectivity index (χ0) is 24.9. The Morgan fingerprint density at radius 3 is 2.22 bits per heavy atom. The van der Waals surface area contributed by atoms with Crippen molar-refractivity contribution in [3.8, 4) is 5.69 Å². The fraction of sp³-hybridized carbons (Fsp3) is 0.370. The van der Waals surface area contributed by atoms with E-state index < -0.39 is 10.9 Å². The third-order valence-corrected chi connectivity index (χ3v) is 8.10. The first-order valence-electron chi connectivity index (χ1n) is 12.4. The summed E-state index contributed by atoms with van der Waals surface area (Å²) in [6, 6.07) is 15.3. The number of nitrogens with two attached hydrogens (primary N) is 1. The molecule has 36 heavy (non-hydrogen) atoms. The third-order valence-electron chi connectivity index (χ3n) is 8.10. The van der Waals surface area contributed by atoms with E-state index in [0.717, 1.165) is 30.6 Å². The van der Waals surface area contributed by atoms with Crippen LogP contribution in [0.3, 0.4) is 0 Å². The Balaban J connectivity index is 1.32. The Bertz CT molecular complexity index is 1310. The molecule has 4 saturated carbocycles. The summed E-state index contributed by atoms with van der Waals surface area (Å²) in [5, 5.41) is 19.7. The minimum atomic E-state index is -0.604. The summed E-state index contributed by atoms with van der Waals surface area (Å²) >= 11 is 0. The maximum absolute atomic E-state index is 13.4. The van der Waals surface area contributed by atoms with Crippen molar-refractivity contribution >= 4 is 17.5 Å². The van der Waals surface area contributed by atoms with Crippen molar-refractivity contribution in [3.63, 3.8) is 0 Å². The number of non-ortho nitro benzene ring substituents is 1. The van der Waals surface area contributed by atoms with Crippen LogP contribution in [0.15, 0.2) is 65.9 Å². The number of benzene rings is 2. The number of hydrogen-bond acceptors (Lipinski definition) is 6. The van der Waals surface area contributed by atoms with E-state index in [1.54, 1.807) is 10.9 Å². The molecule has 2 aromatic carbocycles. The standard InChI is InChI=1S/C27H27N5O4/c28-25(20-6-8-22(9-7-20)32(34)35)30-36-26(33)23-16-31(21-4-2-1-3-5-21)29-24(23)27-13-17-10-18(14-27)12-19(11-17)15-27/h1-9,16-19H,10-15H2,(H2,28,30). The highest BCUT2D eigenvalue weighted by Gasteiger charge is 2.54. The summed E-state index contributed by atoms with van der Waals surface area (Å²) in [6.45, 7) is 0. The lowest BCUT2D eigenvalue weighted by Crippen LogP contribution is -2.49. The predicted molar refractivity (Wildman–Crippen MR) is 133 cm³/mol. The van der Waals surface area contributed by atoms with Gasteiger partial charge in [0, 0.05) is 29.3 Å². The first-order chi connectivity index (χ1) is 17.4. The van der Waals surface area contributed by atoms with Crippen molar-refractivity contribution in [2.24, 2.45) is 28.6 Å². The van der Waals surface area contributed by atoms with E-state index in [4.69, 9.17) is 15.7 Å². The van der Waals surface area contributed by atoms with E-state index in [1.165, 1.54) is 43.5 Å². The van der Waals surface area contributed by atoms with Crippen LogP contribution >= 0.6 is 0 Å². The van der Waals surface area contributed by atoms with Gasteiger partial charge in [-0.05, 0) is 80.5 Å². The minimum absolute atomic E-state index is 0.0370. The smallest absolute Gasteiger partial charge is 0.369 e. The molecule has 0 spiro atoms. The van der Waals surface area contributed by atoms with Crippen LogP contribution in [0.5, 0.6) is 0 Å². The average molecular weight is 486 g/mol. The zero-order valence-corrected chi connectivity index (χ0v) is 19.7. The number of nitro benzene ring substituents is 1. The molecule has 4 fully saturated rings. The number of hydrogen-bond donors (Lipinski definition) is 1. The number of rotatable bonds is 6. The number of carbonyl (C=O) groups is 1. The Morgan fingerprint density at radius 1 is 1.03 bits per heavy atom. The molecule has 0 aliphatic heterocycles. The van der Waals surface area contributed by atoms with Gasteiger partial charge in [-0.15, -0.1) is 0 Å². The molecule has 3 aromatic rings. The summed E-state index contributed by atoms with van der Waals surface area (Å²) in [5.74, 6) is 1.44. The van der Waals surface area contributed by atoms with Gasteiger partial charge in [-0.1, -0.05) is 23.4 Å². The number of aromatic nitrogens is 2. The van der Waals surface area contributed by atoms with Crippen molar-refractivity contribution in [1.29, 1.82) is 0 Å². The Labute approximate surface area is 208 Å². The molecule has 1 heterocycles. The lowest BCUT2D eigenvalue weighted by atomic mass is 9.48. The van der Waals surface area contributed by atoms with Gasteiger partial charge in [-0.3, -0.25) is 10.1 Å². The van der Waals surface area contributed by atoms with E-state index in [1.807, 2.05) is 30.3 Å². The van der Waals surface area contributed by atoms with Gasteiger partial charge >= 0.3 is 5.97 Å². The summed E-state index contributed by atoms with van der Waals surface area (Å²) in [6.07, 6.45) is 8.76. The van der Waals surface area contributed by atoms with Crippen LogP contribution in [0.4, 0.5) is 5.69 Å². The van der Waals surface area contributed by atoms with Crippen LogP contribution in [-0.4, -0.2) is 26.5 Å². The summed E-state index contributed by atoms with van der Waals surface area (Å²) < 4.78 is 1.76. The molecule has 0 saturated heterocycles. The first kappa shape index (κ1) is 22.5. The van der Waals surface area contributed by atoms with Gasteiger partial charge in [-0.2, -0.15) is 5.10 Å². The minimum Gasteiger partial charge on any atom is -0.380 e. The number of carbonyl (C=O) groups excluding carboxylic acids is 1. The molecular formula is C27H27N5O4. The topological polar surface area (TPSA) is 126 Å². The fourth-order valence-corrected chi connectivity index (χ4v) is 6.98. The number of oxime groups is 1. The van der Waals surface area contributed by atoms with Gasteiger partial charge in [0.1, 0.15) is 5.56 Å². The normalized spacial score (nSPS) is 26.7. The number of nitro groups is 1. The Kier molecular flexibility index (Phi) is 5.35. The average Bonchev–Trinajstić information content (AvgIpc) is 3.34. The molecule has 7 rings (SSSR count). The second-order valence-corrected chi connectivity index (χ2v) is 10.5. The van der Waals surface area contributed by atoms with E-state index in [9.17, 15) is 14.9 Å². The molecule has 9 nitrogen and oxygen atoms in total. The third kappa shape index (κ3) is 3.94. The van der Waals surface area contributed by atoms with Gasteiger partial charge in [0.2, 0.25) is 0 Å². The molecule has 4 aliphatic carbocycles. The molecule has 9 heteroatoms. The first-order valence-corrected chi connectivity index (χ1v) is 12.4. The van der Waals surface area contributed by atoms with Gasteiger partial charge in [0.15, 0.2) is 5.84 Å². The molecule has 0 amide bonds. The van der Waals surface area contributed by atoms with E-state index in [-0.39, 0.29) is 16.9 Å². The second-order valence-electron chi connectivity index (χ2n) is 10.5. The second kappa shape index (κ2) is 8.58. The molecule has 4 bridgehead atoms. The molecule has 4 aliphatic rings. The highest BCUT2D eigenvalue weighted by Crippen LogP contribution is 2.60. The number of para-hydroxylation sites is 1. The van der Waals surface area contributed by atoms with Crippen molar-refractivity contribution in [3.05, 3.63) is 87.7 Å². The van der Waals surface area contributed by atoms with Gasteiger partial charge < -0.3 is 10.6 Å². The maximum Gasteiger partial charge on any atom is 0.369 e. The van der Waals surface area contributed by atoms with Crippen LogP contribution in [0.2, 0.25) is 0 Å². The van der Waals surface area contributed by atoms with Gasteiger partial charge in [0.05, 0.1) is 16.3 Å². The monoisotopic (exact) mass is 485 g/mol. The van der Waals surface area contributed by atoms with Crippen molar-refractivity contribution < 1.29 is 14.6 Å².